The molecule has 0 spiro atoms. The molecule has 0 saturated carbocycles. The number of carbonyl (C=O) groups excluding carboxylic acids is 1. The maximum atomic E-state index is 13.1. The van der Waals surface area contributed by atoms with Crippen LogP contribution in [0.15, 0.2) is 48.9 Å². The third kappa shape index (κ3) is 3.66. The summed E-state index contributed by atoms with van der Waals surface area (Å²) in [6.07, 6.45) is 5.15. The number of carbonyl (C=O) groups is 1. The molecule has 0 radical (unpaired) electrons. The number of fused-ring (bicyclic) bond motifs is 1. The van der Waals surface area contributed by atoms with E-state index in [9.17, 15) is 4.79 Å². The first-order valence-electron chi connectivity index (χ1n) is 10.6. The van der Waals surface area contributed by atoms with Gasteiger partial charge in [0.05, 0.1) is 12.5 Å². The lowest BCUT2D eigenvalue weighted by molar-refractivity contribution is -0.132. The lowest BCUT2D eigenvalue weighted by Gasteiger charge is -2.36. The van der Waals surface area contributed by atoms with Gasteiger partial charge in [0, 0.05) is 56.5 Å². The lowest BCUT2D eigenvalue weighted by Crippen LogP contribution is -2.49. The quantitative estimate of drug-likeness (QED) is 0.522. The zero-order chi connectivity index (χ0) is 22.1. The van der Waals surface area contributed by atoms with E-state index < -0.39 is 0 Å². The predicted octanol–water partition coefficient (Wildman–Crippen LogP) is 2.49. The number of pyridine rings is 1. The summed E-state index contributed by atoms with van der Waals surface area (Å²) in [7, 11) is 1.69. The number of piperazine rings is 1. The molecule has 3 aromatic heterocycles. The number of aromatic nitrogens is 5. The molecule has 0 aliphatic carbocycles. The van der Waals surface area contributed by atoms with E-state index in [2.05, 4.69) is 43.1 Å². The normalized spacial score (nSPS) is 14.2. The van der Waals surface area contributed by atoms with Crippen LogP contribution in [0.4, 0.5) is 5.69 Å². The highest BCUT2D eigenvalue weighted by molar-refractivity contribution is 5.90. The molecule has 1 saturated heterocycles. The number of hydrogen-bond donors (Lipinski definition) is 1. The summed E-state index contributed by atoms with van der Waals surface area (Å²) < 4.78 is 7.13. The number of benzene rings is 1. The van der Waals surface area contributed by atoms with Crippen LogP contribution in [0.5, 0.6) is 5.75 Å². The van der Waals surface area contributed by atoms with Crippen molar-refractivity contribution in [3.05, 3.63) is 54.5 Å². The Kier molecular flexibility index (Phi) is 5.22. The fraction of sp³-hybridized carbons (Fsp3) is 0.304. The Morgan fingerprint density at radius 3 is 2.72 bits per heavy atom. The molecular formula is C23H25N7O2. The van der Waals surface area contributed by atoms with E-state index in [1.54, 1.807) is 30.4 Å². The maximum absolute atomic E-state index is 13.1. The van der Waals surface area contributed by atoms with Crippen molar-refractivity contribution in [1.82, 2.24) is 29.6 Å². The standard InChI is InChI=1S/C23H25N7O2/c1-16-5-6-17(14-19(16)32-2)28-10-12-29(13-11-28)20(31)15-30-23-18(4-3-7-26-23)21(27-30)22-24-8-9-25-22/h3-9,14H,10-13,15H2,1-2H3,(H,24,25). The maximum Gasteiger partial charge on any atom is 0.244 e. The third-order valence-corrected chi connectivity index (χ3v) is 5.90. The van der Waals surface area contributed by atoms with Gasteiger partial charge in [0.25, 0.3) is 0 Å². The van der Waals surface area contributed by atoms with E-state index in [-0.39, 0.29) is 12.5 Å². The number of nitrogens with one attached hydrogen (secondary N) is 1. The summed E-state index contributed by atoms with van der Waals surface area (Å²) in [5.41, 5.74) is 3.60. The van der Waals surface area contributed by atoms with Gasteiger partial charge in [-0.2, -0.15) is 5.10 Å². The summed E-state index contributed by atoms with van der Waals surface area (Å²) in [5.74, 6) is 1.58. The van der Waals surface area contributed by atoms with E-state index in [0.29, 0.717) is 30.3 Å². The third-order valence-electron chi connectivity index (χ3n) is 5.90. The number of nitrogens with zero attached hydrogens (tertiary/aromatic N) is 6. The molecule has 1 N–H and O–H groups in total. The van der Waals surface area contributed by atoms with Gasteiger partial charge in [-0.15, -0.1) is 0 Å². The second-order valence-electron chi connectivity index (χ2n) is 7.84. The van der Waals surface area contributed by atoms with Crippen molar-refractivity contribution < 1.29 is 9.53 Å². The molecule has 1 aliphatic rings. The first-order valence-corrected chi connectivity index (χ1v) is 10.6. The number of aromatic amines is 1. The van der Waals surface area contributed by atoms with Crippen LogP contribution in [0.25, 0.3) is 22.6 Å². The van der Waals surface area contributed by atoms with Crippen molar-refractivity contribution in [3.8, 4) is 17.3 Å². The Bertz CT molecular complexity index is 1240. The van der Waals surface area contributed by atoms with Crippen molar-refractivity contribution in [2.45, 2.75) is 13.5 Å². The van der Waals surface area contributed by atoms with E-state index >= 15 is 0 Å². The van der Waals surface area contributed by atoms with Gasteiger partial charge in [-0.3, -0.25) is 4.79 Å². The summed E-state index contributed by atoms with van der Waals surface area (Å²) in [5, 5.41) is 5.51. The molecule has 164 valence electrons. The topological polar surface area (TPSA) is 92.2 Å². The Hall–Kier alpha value is -3.88. The lowest BCUT2D eigenvalue weighted by atomic mass is 10.1. The van der Waals surface area contributed by atoms with Gasteiger partial charge in [-0.1, -0.05) is 6.07 Å². The Morgan fingerprint density at radius 2 is 1.97 bits per heavy atom. The largest absolute Gasteiger partial charge is 0.496 e. The molecule has 0 bridgehead atoms. The molecule has 0 atom stereocenters. The van der Waals surface area contributed by atoms with Gasteiger partial charge < -0.3 is 19.5 Å². The number of aryl methyl sites for hydroxylation is 1. The van der Waals surface area contributed by atoms with E-state index in [0.717, 1.165) is 35.5 Å². The summed E-state index contributed by atoms with van der Waals surface area (Å²) in [6.45, 7) is 5.04. The first kappa shape index (κ1) is 20.0. The Labute approximate surface area is 185 Å². The van der Waals surface area contributed by atoms with Crippen LogP contribution in [0.3, 0.4) is 0 Å². The van der Waals surface area contributed by atoms with Crippen LogP contribution in [0.2, 0.25) is 0 Å². The van der Waals surface area contributed by atoms with Gasteiger partial charge in [0.15, 0.2) is 11.5 Å². The highest BCUT2D eigenvalue weighted by Crippen LogP contribution is 2.26. The summed E-state index contributed by atoms with van der Waals surface area (Å²) in [6, 6.07) is 10.0. The number of ether oxygens (including phenoxy) is 1. The number of amides is 1. The van der Waals surface area contributed by atoms with Crippen LogP contribution in [0.1, 0.15) is 5.56 Å². The fourth-order valence-corrected chi connectivity index (χ4v) is 4.14. The minimum absolute atomic E-state index is 0.0344. The Morgan fingerprint density at radius 1 is 1.12 bits per heavy atom. The number of imidazole rings is 1. The molecular weight excluding hydrogens is 406 g/mol. The minimum Gasteiger partial charge on any atom is -0.496 e. The highest BCUT2D eigenvalue weighted by Gasteiger charge is 2.24. The number of methoxy groups -OCH3 is 1. The fourth-order valence-electron chi connectivity index (χ4n) is 4.14. The van der Waals surface area contributed by atoms with E-state index in [1.165, 1.54) is 0 Å². The highest BCUT2D eigenvalue weighted by atomic mass is 16.5. The molecule has 0 unspecified atom stereocenters. The van der Waals surface area contributed by atoms with E-state index in [4.69, 9.17) is 4.74 Å². The van der Waals surface area contributed by atoms with Crippen molar-refractivity contribution in [2.75, 3.05) is 38.2 Å². The minimum atomic E-state index is 0.0344. The summed E-state index contributed by atoms with van der Waals surface area (Å²) in [4.78, 5) is 29.1. The zero-order valence-corrected chi connectivity index (χ0v) is 18.2. The van der Waals surface area contributed by atoms with Gasteiger partial charge in [-0.05, 0) is 30.7 Å². The molecule has 1 aliphatic heterocycles. The predicted molar refractivity (Wildman–Crippen MR) is 122 cm³/mol. The molecule has 1 aromatic carbocycles. The molecule has 1 amide bonds. The number of anilines is 1. The van der Waals surface area contributed by atoms with Gasteiger partial charge in [0.1, 0.15) is 18.0 Å². The average molecular weight is 432 g/mol. The van der Waals surface area contributed by atoms with Crippen LogP contribution < -0.4 is 9.64 Å². The van der Waals surface area contributed by atoms with Gasteiger partial charge in [-0.25, -0.2) is 14.6 Å². The molecule has 4 heterocycles. The van der Waals surface area contributed by atoms with Gasteiger partial charge >= 0.3 is 0 Å². The van der Waals surface area contributed by atoms with Crippen LogP contribution in [0, 0.1) is 6.92 Å². The molecule has 1 fully saturated rings. The second kappa shape index (κ2) is 8.33. The monoisotopic (exact) mass is 431 g/mol. The SMILES string of the molecule is COc1cc(N2CCN(C(=O)Cn3nc(-c4ncc[nH]4)c4cccnc43)CC2)ccc1C. The summed E-state index contributed by atoms with van der Waals surface area (Å²) >= 11 is 0. The van der Waals surface area contributed by atoms with Crippen LogP contribution in [-0.2, 0) is 11.3 Å². The number of rotatable bonds is 5. The van der Waals surface area contributed by atoms with Crippen LogP contribution >= 0.6 is 0 Å². The Balaban J connectivity index is 1.29. The molecule has 4 aromatic rings. The van der Waals surface area contributed by atoms with Gasteiger partial charge in [0.2, 0.25) is 5.91 Å². The molecule has 5 rings (SSSR count). The number of H-pyrrole nitrogens is 1. The van der Waals surface area contributed by atoms with Crippen molar-refractivity contribution in [3.63, 3.8) is 0 Å². The smallest absolute Gasteiger partial charge is 0.244 e. The molecule has 32 heavy (non-hydrogen) atoms. The van der Waals surface area contributed by atoms with Crippen LogP contribution in [-0.4, -0.2) is 68.8 Å². The average Bonchev–Trinajstić information content (AvgIpc) is 3.48. The zero-order valence-electron chi connectivity index (χ0n) is 18.2. The van der Waals surface area contributed by atoms with E-state index in [1.807, 2.05) is 24.0 Å². The van der Waals surface area contributed by atoms with Crippen molar-refractivity contribution in [1.29, 1.82) is 0 Å². The van der Waals surface area contributed by atoms with Crippen molar-refractivity contribution >= 4 is 22.6 Å². The first-order chi connectivity index (χ1) is 15.6. The molecule has 9 heteroatoms. The van der Waals surface area contributed by atoms with Crippen molar-refractivity contribution in [2.24, 2.45) is 0 Å². The second-order valence-corrected chi connectivity index (χ2v) is 7.84. The number of hydrogen-bond acceptors (Lipinski definition) is 6. The molecule has 9 nitrogen and oxygen atoms in total.